The van der Waals surface area contributed by atoms with Crippen LogP contribution in [-0.2, 0) is 17.5 Å². The summed E-state index contributed by atoms with van der Waals surface area (Å²) in [5.74, 6) is -0.713. The van der Waals surface area contributed by atoms with Gasteiger partial charge in [-0.2, -0.15) is 18.2 Å². The van der Waals surface area contributed by atoms with Gasteiger partial charge in [-0.1, -0.05) is 18.7 Å². The van der Waals surface area contributed by atoms with Crippen LogP contribution < -0.4 is 10.6 Å². The number of alkyl halides is 3. The molecule has 3 atom stereocenters. The van der Waals surface area contributed by atoms with Crippen molar-refractivity contribution in [2.24, 2.45) is 0 Å². The summed E-state index contributed by atoms with van der Waals surface area (Å²) >= 11 is 1.02. The number of carbonyl (C=O) groups is 1. The molecule has 3 heterocycles. The fraction of sp³-hybridized carbons (Fsp3) is 0.370. The van der Waals surface area contributed by atoms with E-state index in [1.165, 1.54) is 22.8 Å². The van der Waals surface area contributed by atoms with Gasteiger partial charge in [-0.3, -0.25) is 9.36 Å². The first-order valence-electron chi connectivity index (χ1n) is 12.4. The second kappa shape index (κ2) is 9.98. The number of piperazine rings is 1. The van der Waals surface area contributed by atoms with Crippen molar-refractivity contribution >= 4 is 34.4 Å². The van der Waals surface area contributed by atoms with Crippen molar-refractivity contribution in [2.75, 3.05) is 23.7 Å². The van der Waals surface area contributed by atoms with Crippen LogP contribution in [0.5, 0.6) is 0 Å². The molecule has 0 saturated carbocycles. The minimum Gasteiger partial charge on any atom is -0.390 e. The molecule has 2 aliphatic rings. The summed E-state index contributed by atoms with van der Waals surface area (Å²) in [5.41, 5.74) is -1.45. The zero-order valence-corrected chi connectivity index (χ0v) is 22.0. The molecule has 0 bridgehead atoms. The van der Waals surface area contributed by atoms with E-state index in [1.807, 2.05) is 13.8 Å². The maximum Gasteiger partial charge on any atom is 0.417 e. The van der Waals surface area contributed by atoms with Crippen LogP contribution in [0.25, 0.3) is 22.0 Å². The lowest BCUT2D eigenvalue weighted by Gasteiger charge is -2.44. The number of aromatic nitrogens is 2. The average molecular weight is 563 g/mol. The van der Waals surface area contributed by atoms with Crippen LogP contribution in [-0.4, -0.2) is 62.5 Å². The summed E-state index contributed by atoms with van der Waals surface area (Å²) in [5, 5.41) is 10.6. The first-order chi connectivity index (χ1) is 18.4. The largest absolute Gasteiger partial charge is 0.417 e. The van der Waals surface area contributed by atoms with Gasteiger partial charge < -0.3 is 14.9 Å². The van der Waals surface area contributed by atoms with Crippen molar-refractivity contribution < 1.29 is 27.5 Å². The third kappa shape index (κ3) is 4.80. The summed E-state index contributed by atoms with van der Waals surface area (Å²) in [4.78, 5) is 33.5. The number of aliphatic hydroxyl groups is 1. The zero-order chi connectivity index (χ0) is 28.2. The van der Waals surface area contributed by atoms with Crippen LogP contribution in [0, 0.1) is 5.82 Å². The Morgan fingerprint density at radius 1 is 1.15 bits per heavy atom. The molecule has 5 rings (SSSR count). The number of aliphatic hydroxyl groups excluding tert-OH is 1. The summed E-state index contributed by atoms with van der Waals surface area (Å²) < 4.78 is 58.8. The molecule has 0 radical (unpaired) electrons. The number of benzene rings is 2. The van der Waals surface area contributed by atoms with Crippen molar-refractivity contribution in [1.29, 1.82) is 0 Å². The monoisotopic (exact) mass is 562 g/mol. The highest BCUT2D eigenvalue weighted by Crippen LogP contribution is 2.48. The van der Waals surface area contributed by atoms with Gasteiger partial charge in [0.05, 0.1) is 23.7 Å². The molecule has 1 saturated heterocycles. The maximum absolute atomic E-state index is 14.6. The normalized spacial score (nSPS) is 21.7. The SMILES string of the molecule is C=CC(=O)N1[C@H](C)CN(c2nc(=O)n3c4c(c(-c5ccc(F)cc5)c(C(F)(F)F)cc24)SC[C@@H](O)C3)C[C@@H]1C. The van der Waals surface area contributed by atoms with E-state index in [9.17, 15) is 32.3 Å². The molecule has 0 unspecified atom stereocenters. The highest BCUT2D eigenvalue weighted by Gasteiger charge is 2.39. The number of thioether (sulfide) groups is 1. The standard InChI is InChI=1S/C27H26F4N4O3S/c1-4-21(37)35-14(2)10-33(11-15(35)3)25-19-9-20(27(29,30)31)22(16-5-7-17(28)8-6-16)24-23(19)34(26(38)32-25)12-18(36)13-39-24/h4-9,14-15,18,36H,1,10-13H2,2-3H3/t14-,15+,18-/m0/s1. The number of anilines is 1. The number of carbonyl (C=O) groups excluding carboxylic acids is 1. The van der Waals surface area contributed by atoms with E-state index in [2.05, 4.69) is 11.6 Å². The van der Waals surface area contributed by atoms with E-state index in [0.29, 0.717) is 0 Å². The van der Waals surface area contributed by atoms with Gasteiger partial charge in [-0.25, -0.2) is 9.18 Å². The first-order valence-corrected chi connectivity index (χ1v) is 13.3. The molecular formula is C27H26F4N4O3S. The Morgan fingerprint density at radius 3 is 2.38 bits per heavy atom. The van der Waals surface area contributed by atoms with E-state index in [-0.39, 0.29) is 76.1 Å². The lowest BCUT2D eigenvalue weighted by atomic mass is 9.96. The molecule has 39 heavy (non-hydrogen) atoms. The minimum atomic E-state index is -4.78. The first kappa shape index (κ1) is 27.2. The third-order valence-corrected chi connectivity index (χ3v) is 8.34. The second-order valence-electron chi connectivity index (χ2n) is 9.88. The number of hydrogen-bond acceptors (Lipinski definition) is 6. The van der Waals surface area contributed by atoms with E-state index in [1.54, 1.807) is 9.80 Å². The molecule has 2 aromatic carbocycles. The predicted molar refractivity (Wildman–Crippen MR) is 141 cm³/mol. The molecule has 2 aliphatic heterocycles. The molecular weight excluding hydrogens is 536 g/mol. The van der Waals surface area contributed by atoms with E-state index >= 15 is 0 Å². The average Bonchev–Trinajstić information content (AvgIpc) is 3.05. The van der Waals surface area contributed by atoms with Crippen LogP contribution in [0.3, 0.4) is 0 Å². The van der Waals surface area contributed by atoms with Gasteiger partial charge in [-0.15, -0.1) is 11.8 Å². The van der Waals surface area contributed by atoms with Crippen LogP contribution in [0.1, 0.15) is 19.4 Å². The molecule has 1 aromatic heterocycles. The molecule has 12 heteroatoms. The molecule has 1 N–H and O–H groups in total. The van der Waals surface area contributed by atoms with E-state index in [4.69, 9.17) is 0 Å². The fourth-order valence-electron chi connectivity index (χ4n) is 5.55. The Bertz CT molecular complexity index is 1510. The highest BCUT2D eigenvalue weighted by atomic mass is 32.2. The zero-order valence-electron chi connectivity index (χ0n) is 21.2. The van der Waals surface area contributed by atoms with Crippen molar-refractivity contribution in [1.82, 2.24) is 14.5 Å². The summed E-state index contributed by atoms with van der Waals surface area (Å²) in [6, 6.07) is 5.05. The number of hydrogen-bond donors (Lipinski definition) is 1. The van der Waals surface area contributed by atoms with Crippen LogP contribution in [0.2, 0.25) is 0 Å². The molecule has 0 spiro atoms. The van der Waals surface area contributed by atoms with E-state index in [0.717, 1.165) is 30.0 Å². The fourth-order valence-corrected chi connectivity index (χ4v) is 6.74. The van der Waals surface area contributed by atoms with E-state index < -0.39 is 29.4 Å². The molecule has 1 amide bonds. The van der Waals surface area contributed by atoms with Gasteiger partial charge >= 0.3 is 11.9 Å². The second-order valence-corrected chi connectivity index (χ2v) is 10.9. The van der Waals surface area contributed by atoms with Gasteiger partial charge in [0.2, 0.25) is 5.91 Å². The number of rotatable bonds is 3. The Labute approximate surface area is 225 Å². The predicted octanol–water partition coefficient (Wildman–Crippen LogP) is 4.30. The Morgan fingerprint density at radius 2 is 1.79 bits per heavy atom. The summed E-state index contributed by atoms with van der Waals surface area (Å²) in [7, 11) is 0. The van der Waals surface area contributed by atoms with Crippen molar-refractivity contribution in [3.8, 4) is 11.1 Å². The minimum absolute atomic E-state index is 0.0530. The van der Waals surface area contributed by atoms with Gasteiger partial charge in [-0.05, 0) is 43.7 Å². The lowest BCUT2D eigenvalue weighted by molar-refractivity contribution is -0.137. The Kier molecular flexibility index (Phi) is 6.96. The number of halogens is 4. The molecule has 7 nitrogen and oxygen atoms in total. The van der Waals surface area contributed by atoms with Crippen LogP contribution in [0.15, 0.2) is 52.7 Å². The number of nitrogens with zero attached hydrogens (tertiary/aromatic N) is 4. The van der Waals surface area contributed by atoms with Crippen molar-refractivity contribution in [3.05, 3.63) is 64.9 Å². The number of amides is 1. The van der Waals surface area contributed by atoms with Crippen molar-refractivity contribution in [2.45, 2.75) is 49.7 Å². The molecule has 206 valence electrons. The van der Waals surface area contributed by atoms with Gasteiger partial charge in [0, 0.05) is 46.8 Å². The van der Waals surface area contributed by atoms with Crippen molar-refractivity contribution in [3.63, 3.8) is 0 Å². The topological polar surface area (TPSA) is 78.7 Å². The smallest absolute Gasteiger partial charge is 0.390 e. The third-order valence-electron chi connectivity index (χ3n) is 7.10. The van der Waals surface area contributed by atoms with Crippen LogP contribution in [0.4, 0.5) is 23.4 Å². The van der Waals surface area contributed by atoms with Gasteiger partial charge in [0.1, 0.15) is 11.6 Å². The molecule has 3 aromatic rings. The summed E-state index contributed by atoms with van der Waals surface area (Å²) in [6.07, 6.45) is -4.57. The van der Waals surface area contributed by atoms with Gasteiger partial charge in [0.15, 0.2) is 0 Å². The maximum atomic E-state index is 14.6. The summed E-state index contributed by atoms with van der Waals surface area (Å²) in [6.45, 7) is 7.51. The van der Waals surface area contributed by atoms with Gasteiger partial charge in [0.25, 0.3) is 0 Å². The quantitative estimate of drug-likeness (QED) is 0.379. The van der Waals surface area contributed by atoms with Crippen LogP contribution >= 0.6 is 11.8 Å². The molecule has 1 fully saturated rings. The Balaban J connectivity index is 1.81. The molecule has 0 aliphatic carbocycles. The lowest BCUT2D eigenvalue weighted by Crippen LogP contribution is -2.58. The highest BCUT2D eigenvalue weighted by molar-refractivity contribution is 7.99. The Hall–Kier alpha value is -3.38.